The molecule has 0 saturated carbocycles. The molecule has 0 aliphatic rings. The molecular formula is C24H32Cl2N4O. The summed E-state index contributed by atoms with van der Waals surface area (Å²) >= 11 is 0. The number of nitrogens with one attached hydrogen (secondary N) is 1. The zero-order valence-electron chi connectivity index (χ0n) is 17.8. The first-order chi connectivity index (χ1) is 14.1. The minimum absolute atomic E-state index is 0. The van der Waals surface area contributed by atoms with E-state index < -0.39 is 6.04 Å². The van der Waals surface area contributed by atoms with Crippen LogP contribution in [0.25, 0.3) is 0 Å². The molecule has 2 atom stereocenters. The second kappa shape index (κ2) is 13.9. The summed E-state index contributed by atoms with van der Waals surface area (Å²) in [5, 5.41) is 3.13. The van der Waals surface area contributed by atoms with Crippen molar-refractivity contribution >= 4 is 30.7 Å². The van der Waals surface area contributed by atoms with Crippen molar-refractivity contribution in [2.45, 2.75) is 51.2 Å². The molecule has 3 N–H and O–H groups in total. The Morgan fingerprint density at radius 3 is 2.23 bits per heavy atom. The van der Waals surface area contributed by atoms with E-state index in [1.165, 1.54) is 11.1 Å². The minimum atomic E-state index is -0.606. The van der Waals surface area contributed by atoms with E-state index in [0.717, 1.165) is 31.5 Å². The van der Waals surface area contributed by atoms with E-state index in [1.54, 1.807) is 6.33 Å². The third kappa shape index (κ3) is 8.74. The van der Waals surface area contributed by atoms with Gasteiger partial charge in [0.1, 0.15) is 0 Å². The van der Waals surface area contributed by atoms with Crippen molar-refractivity contribution in [2.75, 3.05) is 0 Å². The summed E-state index contributed by atoms with van der Waals surface area (Å²) in [4.78, 5) is 17.1. The molecule has 7 heteroatoms. The molecule has 5 nitrogen and oxygen atoms in total. The Morgan fingerprint density at radius 1 is 1.00 bits per heavy atom. The lowest BCUT2D eigenvalue weighted by atomic mass is 10.0. The van der Waals surface area contributed by atoms with E-state index in [2.05, 4.69) is 41.5 Å². The third-order valence-corrected chi connectivity index (χ3v) is 4.97. The molecule has 1 aromatic heterocycles. The first kappa shape index (κ1) is 26.7. The van der Waals surface area contributed by atoms with Crippen molar-refractivity contribution in [1.29, 1.82) is 0 Å². The zero-order valence-corrected chi connectivity index (χ0v) is 19.4. The third-order valence-electron chi connectivity index (χ3n) is 4.97. The van der Waals surface area contributed by atoms with Gasteiger partial charge in [0.25, 0.3) is 0 Å². The number of imidazole rings is 1. The summed E-state index contributed by atoms with van der Waals surface area (Å²) in [7, 11) is 0. The van der Waals surface area contributed by atoms with Crippen LogP contribution < -0.4 is 11.1 Å². The fraction of sp³-hybridized carbons (Fsp3) is 0.333. The number of amides is 1. The molecule has 31 heavy (non-hydrogen) atoms. The molecule has 1 unspecified atom stereocenters. The lowest BCUT2D eigenvalue weighted by Gasteiger charge is -2.20. The highest BCUT2D eigenvalue weighted by Gasteiger charge is 2.19. The molecule has 0 aliphatic heterocycles. The Morgan fingerprint density at radius 2 is 1.61 bits per heavy atom. The van der Waals surface area contributed by atoms with Crippen LogP contribution in [0, 0.1) is 0 Å². The number of rotatable bonds is 10. The van der Waals surface area contributed by atoms with Crippen LogP contribution in [0.15, 0.2) is 73.2 Å². The highest BCUT2D eigenvalue weighted by atomic mass is 35.5. The lowest BCUT2D eigenvalue weighted by molar-refractivity contribution is -0.123. The first-order valence-electron chi connectivity index (χ1n) is 10.3. The fourth-order valence-corrected chi connectivity index (χ4v) is 3.49. The van der Waals surface area contributed by atoms with E-state index in [1.807, 2.05) is 47.2 Å². The summed E-state index contributed by atoms with van der Waals surface area (Å²) < 4.78 is 2.02. The number of nitrogens with zero attached hydrogens (tertiary/aromatic N) is 2. The number of aromatic nitrogens is 2. The highest BCUT2D eigenvalue weighted by molar-refractivity contribution is 5.85. The van der Waals surface area contributed by atoms with Gasteiger partial charge < -0.3 is 15.6 Å². The molecule has 1 heterocycles. The second-order valence-corrected chi connectivity index (χ2v) is 7.52. The fourth-order valence-electron chi connectivity index (χ4n) is 3.49. The smallest absolute Gasteiger partial charge is 0.237 e. The maximum atomic E-state index is 12.6. The molecule has 0 radical (unpaired) electrons. The van der Waals surface area contributed by atoms with E-state index in [0.29, 0.717) is 6.42 Å². The van der Waals surface area contributed by atoms with Gasteiger partial charge in [-0.3, -0.25) is 4.79 Å². The average Bonchev–Trinajstić information content (AvgIpc) is 3.16. The van der Waals surface area contributed by atoms with Crippen molar-refractivity contribution in [3.05, 3.63) is 90.0 Å². The average molecular weight is 463 g/mol. The molecule has 0 spiro atoms. The predicted octanol–water partition coefficient (Wildman–Crippen LogP) is 4.17. The summed E-state index contributed by atoms with van der Waals surface area (Å²) in [5.41, 5.74) is 9.45. The number of hydrogen-bond donors (Lipinski definition) is 2. The number of carbonyl (C=O) groups excluding carboxylic acids is 1. The van der Waals surface area contributed by atoms with Gasteiger partial charge in [0.2, 0.25) is 5.91 Å². The first-order valence-corrected chi connectivity index (χ1v) is 10.3. The van der Waals surface area contributed by atoms with E-state index in [9.17, 15) is 4.79 Å². The minimum Gasteiger partial charge on any atom is -0.352 e. The van der Waals surface area contributed by atoms with Crippen LogP contribution in [0.3, 0.4) is 0 Å². The van der Waals surface area contributed by atoms with Gasteiger partial charge in [0.15, 0.2) is 0 Å². The van der Waals surface area contributed by atoms with Crippen molar-refractivity contribution in [2.24, 2.45) is 5.73 Å². The Bertz CT molecular complexity index is 887. The summed E-state index contributed by atoms with van der Waals surface area (Å²) in [5.74, 6) is -0.114. The predicted molar refractivity (Wildman–Crippen MR) is 131 cm³/mol. The van der Waals surface area contributed by atoms with Gasteiger partial charge in [0.05, 0.1) is 18.1 Å². The van der Waals surface area contributed by atoms with E-state index >= 15 is 0 Å². The second-order valence-electron chi connectivity index (χ2n) is 7.52. The standard InChI is InChI=1S/C24H30N4O.2ClH/c1-2-9-21(14-19-10-5-3-6-11-19)27-24(29)23(25)15-22-17-28(18-26-22)16-20-12-7-4-8-13-20;;/h3-8,10-13,17-18,21,23H,2,9,14-16,25H2,1H3,(H,27,29);2*1H/t21?,23-;;/m0../s1. The zero-order chi connectivity index (χ0) is 20.5. The molecule has 3 rings (SSSR count). The normalized spacial score (nSPS) is 12.2. The van der Waals surface area contributed by atoms with Crippen LogP contribution in [0.5, 0.6) is 0 Å². The van der Waals surface area contributed by atoms with Crippen molar-refractivity contribution < 1.29 is 4.79 Å². The molecule has 0 aliphatic carbocycles. The van der Waals surface area contributed by atoms with Crippen LogP contribution in [0.1, 0.15) is 36.6 Å². The van der Waals surface area contributed by atoms with E-state index in [4.69, 9.17) is 5.73 Å². The molecule has 0 saturated heterocycles. The summed E-state index contributed by atoms with van der Waals surface area (Å²) in [6.45, 7) is 2.88. The Labute approximate surface area is 197 Å². The van der Waals surface area contributed by atoms with Gasteiger partial charge >= 0.3 is 0 Å². The Hall–Kier alpha value is -2.34. The molecule has 0 bridgehead atoms. The topological polar surface area (TPSA) is 72.9 Å². The maximum absolute atomic E-state index is 12.6. The van der Waals surface area contributed by atoms with Crippen molar-refractivity contribution in [1.82, 2.24) is 14.9 Å². The highest BCUT2D eigenvalue weighted by Crippen LogP contribution is 2.09. The van der Waals surface area contributed by atoms with Gasteiger partial charge in [0, 0.05) is 25.2 Å². The van der Waals surface area contributed by atoms with Crippen molar-refractivity contribution in [3.8, 4) is 0 Å². The van der Waals surface area contributed by atoms with Crippen LogP contribution >= 0.6 is 24.8 Å². The monoisotopic (exact) mass is 462 g/mol. The van der Waals surface area contributed by atoms with Gasteiger partial charge in [-0.2, -0.15) is 0 Å². The van der Waals surface area contributed by atoms with Crippen LogP contribution in [-0.4, -0.2) is 27.5 Å². The molecule has 3 aromatic rings. The van der Waals surface area contributed by atoms with Gasteiger partial charge in [-0.25, -0.2) is 4.98 Å². The number of benzene rings is 2. The number of halogens is 2. The summed E-state index contributed by atoms with van der Waals surface area (Å²) in [6.07, 6.45) is 6.95. The van der Waals surface area contributed by atoms with Gasteiger partial charge in [-0.1, -0.05) is 74.0 Å². The molecule has 1 amide bonds. The van der Waals surface area contributed by atoms with Crippen LogP contribution in [0.2, 0.25) is 0 Å². The molecular weight excluding hydrogens is 431 g/mol. The maximum Gasteiger partial charge on any atom is 0.237 e. The largest absolute Gasteiger partial charge is 0.352 e. The number of carbonyl (C=O) groups is 1. The molecule has 168 valence electrons. The van der Waals surface area contributed by atoms with Crippen LogP contribution in [0.4, 0.5) is 0 Å². The molecule has 0 fully saturated rings. The van der Waals surface area contributed by atoms with Crippen molar-refractivity contribution in [3.63, 3.8) is 0 Å². The number of hydrogen-bond acceptors (Lipinski definition) is 3. The van der Waals surface area contributed by atoms with Gasteiger partial charge in [-0.15, -0.1) is 24.8 Å². The lowest BCUT2D eigenvalue weighted by Crippen LogP contribution is -2.47. The molecule has 2 aromatic carbocycles. The van der Waals surface area contributed by atoms with E-state index in [-0.39, 0.29) is 36.8 Å². The van der Waals surface area contributed by atoms with Gasteiger partial charge in [-0.05, 0) is 24.0 Å². The number of nitrogens with two attached hydrogens (primary N) is 1. The Balaban J connectivity index is 0.00000240. The quantitative estimate of drug-likeness (QED) is 0.474. The SMILES string of the molecule is CCCC(Cc1ccccc1)NC(=O)[C@@H](N)Cc1cn(Cc2ccccc2)cn1.Cl.Cl. The van der Waals surface area contributed by atoms with Crippen LogP contribution in [-0.2, 0) is 24.2 Å². The summed E-state index contributed by atoms with van der Waals surface area (Å²) in [6, 6.07) is 19.9. The Kier molecular flexibility index (Phi) is 11.9.